The average Bonchev–Trinajstić information content (AvgIpc) is 2.91. The Morgan fingerprint density at radius 3 is 2.49 bits per heavy atom. The molecule has 1 amide bonds. The van der Waals surface area contributed by atoms with E-state index in [0.717, 1.165) is 18.9 Å². The summed E-state index contributed by atoms with van der Waals surface area (Å²) in [4.78, 5) is 23.4. The number of aromatic nitrogens is 2. The fourth-order valence-corrected chi connectivity index (χ4v) is 5.08. The molecule has 2 saturated heterocycles. The Bertz CT molecular complexity index is 1370. The molecule has 3 aromatic rings. The zero-order valence-corrected chi connectivity index (χ0v) is 23.3. The summed E-state index contributed by atoms with van der Waals surface area (Å²) in [6.45, 7) is 6.91. The van der Waals surface area contributed by atoms with Crippen LogP contribution in [-0.4, -0.2) is 60.0 Å². The highest BCUT2D eigenvalue weighted by Crippen LogP contribution is 2.41. The Labute approximate surface area is 236 Å². The quantitative estimate of drug-likeness (QED) is 0.229. The maximum Gasteiger partial charge on any atom is 0.409 e. The molecule has 0 bridgehead atoms. The van der Waals surface area contributed by atoms with Crippen LogP contribution in [0.4, 0.5) is 20.7 Å². The smallest absolute Gasteiger partial charge is 0.409 e. The van der Waals surface area contributed by atoms with Crippen molar-refractivity contribution in [1.82, 2.24) is 14.9 Å². The van der Waals surface area contributed by atoms with Gasteiger partial charge in [0.15, 0.2) is 0 Å². The highest BCUT2D eigenvalue weighted by atomic mass is 35.5. The van der Waals surface area contributed by atoms with Crippen LogP contribution in [0.1, 0.15) is 30.5 Å². The van der Waals surface area contributed by atoms with E-state index in [1.54, 1.807) is 29.3 Å². The molecular formula is C27H29Cl2FN6O3. The second-order valence-electron chi connectivity index (χ2n) is 9.19. The van der Waals surface area contributed by atoms with Gasteiger partial charge in [0.05, 0.1) is 17.8 Å². The number of pyridine rings is 2. The van der Waals surface area contributed by atoms with Crippen molar-refractivity contribution in [3.63, 3.8) is 0 Å². The lowest BCUT2D eigenvalue weighted by Gasteiger charge is -2.59. The number of hydrogen-bond donors (Lipinski definition) is 2. The first-order valence-electron chi connectivity index (χ1n) is 12.3. The van der Waals surface area contributed by atoms with Crippen molar-refractivity contribution in [2.45, 2.75) is 20.5 Å². The third kappa shape index (κ3) is 5.72. The summed E-state index contributed by atoms with van der Waals surface area (Å²) < 4.78 is 24.2. The normalized spacial score (nSPS) is 15.0. The Kier molecular flexibility index (Phi) is 8.46. The fourth-order valence-electron chi connectivity index (χ4n) is 4.63. The van der Waals surface area contributed by atoms with Crippen LogP contribution in [0.25, 0.3) is 0 Å². The molecule has 1 aromatic carbocycles. The van der Waals surface area contributed by atoms with Gasteiger partial charge in [0.25, 0.3) is 0 Å². The Hall–Kier alpha value is -3.63. The number of rotatable bonds is 6. The van der Waals surface area contributed by atoms with E-state index in [0.29, 0.717) is 35.7 Å². The number of nitrogens with one attached hydrogen (secondary N) is 1. The van der Waals surface area contributed by atoms with Gasteiger partial charge in [-0.1, -0.05) is 37.0 Å². The van der Waals surface area contributed by atoms with E-state index in [-0.39, 0.29) is 39.4 Å². The number of ether oxygens (including phenoxy) is 2. The van der Waals surface area contributed by atoms with Crippen LogP contribution < -0.4 is 15.4 Å². The zero-order valence-electron chi connectivity index (χ0n) is 21.8. The Morgan fingerprint density at radius 1 is 1.13 bits per heavy atom. The van der Waals surface area contributed by atoms with Crippen molar-refractivity contribution < 1.29 is 18.7 Å². The van der Waals surface area contributed by atoms with Crippen molar-refractivity contribution in [3.8, 4) is 5.75 Å². The lowest BCUT2D eigenvalue weighted by atomic mass is 9.73. The first kappa shape index (κ1) is 28.4. The van der Waals surface area contributed by atoms with E-state index in [1.165, 1.54) is 13.3 Å². The number of nitrogens with two attached hydrogens (primary N) is 1. The average molecular weight is 575 g/mol. The largest absolute Gasteiger partial charge is 0.489 e. The molecule has 0 saturated carbocycles. The maximum absolute atomic E-state index is 13.7. The van der Waals surface area contributed by atoms with Crippen LogP contribution >= 0.6 is 23.2 Å². The van der Waals surface area contributed by atoms with Crippen molar-refractivity contribution in [2.24, 2.45) is 5.41 Å². The molecule has 0 aliphatic carbocycles. The van der Waals surface area contributed by atoms with Crippen molar-refractivity contribution in [1.29, 1.82) is 5.41 Å². The number of benzene rings is 1. The third-order valence-corrected chi connectivity index (χ3v) is 7.31. The number of carbonyl (C=O) groups excluding carboxylic acids is 1. The number of methoxy groups -OCH3 is 1. The van der Waals surface area contributed by atoms with Crippen molar-refractivity contribution in [3.05, 3.63) is 75.4 Å². The van der Waals surface area contributed by atoms with E-state index in [9.17, 15) is 9.18 Å². The molecule has 39 heavy (non-hydrogen) atoms. The molecule has 2 fully saturated rings. The van der Waals surface area contributed by atoms with E-state index < -0.39 is 5.95 Å². The monoisotopic (exact) mass is 574 g/mol. The van der Waals surface area contributed by atoms with Crippen LogP contribution in [0.5, 0.6) is 5.75 Å². The van der Waals surface area contributed by atoms with Gasteiger partial charge in [0, 0.05) is 66.4 Å². The number of hydrogen-bond acceptors (Lipinski definition) is 8. The Balaban J connectivity index is 0.00000172. The van der Waals surface area contributed by atoms with E-state index >= 15 is 0 Å². The van der Waals surface area contributed by atoms with Crippen molar-refractivity contribution in [2.75, 3.05) is 43.9 Å². The van der Waals surface area contributed by atoms with Crippen molar-refractivity contribution >= 4 is 46.5 Å². The second kappa shape index (κ2) is 11.6. The minimum atomic E-state index is -0.829. The van der Waals surface area contributed by atoms with Gasteiger partial charge < -0.3 is 25.0 Å². The van der Waals surface area contributed by atoms with E-state index in [1.807, 2.05) is 26.0 Å². The minimum Gasteiger partial charge on any atom is -0.489 e. The molecule has 12 heteroatoms. The molecule has 5 rings (SSSR count). The SMILES string of the molecule is CC.COC(=O)N1CC2(C1)CN(c1ccc(C(=N)c3cc(OCc4c(Cl)cnc(F)c4Cl)ccc3N)cn1)C2. The molecule has 2 aliphatic rings. The zero-order chi connectivity index (χ0) is 28.3. The van der Waals surface area contributed by atoms with Crippen LogP contribution in [0.15, 0.2) is 42.7 Å². The first-order chi connectivity index (χ1) is 18.7. The molecule has 0 atom stereocenters. The standard InChI is InChI=1S/C25H23Cl2FN6O3.C2H6/c1-36-24(35)34-12-25(13-34)10-33(11-25)20-5-2-14(7-31-20)22(30)16-6-15(3-4-19(16)29)37-9-17-18(26)8-32-23(28)21(17)27;1-2/h2-8,30H,9-13,29H2,1H3;1-2H3. The molecule has 9 nitrogen and oxygen atoms in total. The van der Waals surface area contributed by atoms with E-state index in [4.69, 9.17) is 43.8 Å². The number of carbonyl (C=O) groups is 1. The predicted molar refractivity (Wildman–Crippen MR) is 150 cm³/mol. The topological polar surface area (TPSA) is 118 Å². The fraction of sp³-hybridized carbons (Fsp3) is 0.333. The maximum atomic E-state index is 13.7. The lowest BCUT2D eigenvalue weighted by Crippen LogP contribution is -2.73. The number of anilines is 2. The van der Waals surface area contributed by atoms with Gasteiger partial charge in [-0.25, -0.2) is 14.8 Å². The number of nitrogen functional groups attached to an aromatic ring is 1. The summed E-state index contributed by atoms with van der Waals surface area (Å²) in [6, 6.07) is 8.60. The molecular weight excluding hydrogens is 546 g/mol. The van der Waals surface area contributed by atoms with Gasteiger partial charge in [-0.15, -0.1) is 0 Å². The molecule has 4 heterocycles. The molecule has 3 N–H and O–H groups in total. The van der Waals surface area contributed by atoms with Crippen LogP contribution in [0, 0.1) is 16.8 Å². The number of likely N-dealkylation sites (tertiary alicyclic amines) is 1. The van der Waals surface area contributed by atoms with Gasteiger partial charge in [0.2, 0.25) is 5.95 Å². The number of nitrogens with zero attached hydrogens (tertiary/aromatic N) is 4. The highest BCUT2D eigenvalue weighted by molar-refractivity contribution is 6.35. The summed E-state index contributed by atoms with van der Waals surface area (Å²) in [5, 5.41) is 8.67. The molecule has 0 radical (unpaired) electrons. The summed E-state index contributed by atoms with van der Waals surface area (Å²) in [6.07, 6.45) is 2.51. The Morgan fingerprint density at radius 2 is 1.85 bits per heavy atom. The first-order valence-corrected chi connectivity index (χ1v) is 13.1. The summed E-state index contributed by atoms with van der Waals surface area (Å²) in [7, 11) is 1.39. The third-order valence-electron chi connectivity index (χ3n) is 6.60. The van der Waals surface area contributed by atoms with Gasteiger partial charge in [0.1, 0.15) is 23.2 Å². The van der Waals surface area contributed by atoms with Gasteiger partial charge >= 0.3 is 6.09 Å². The number of amides is 1. The summed E-state index contributed by atoms with van der Waals surface area (Å²) in [5.41, 5.74) is 8.16. The summed E-state index contributed by atoms with van der Waals surface area (Å²) >= 11 is 12.0. The van der Waals surface area contributed by atoms with Crippen LogP contribution in [-0.2, 0) is 11.3 Å². The van der Waals surface area contributed by atoms with Gasteiger partial charge in [-0.05, 0) is 30.3 Å². The van der Waals surface area contributed by atoms with Gasteiger partial charge in [-0.2, -0.15) is 4.39 Å². The molecule has 2 aliphatic heterocycles. The van der Waals surface area contributed by atoms with Crippen LogP contribution in [0.3, 0.4) is 0 Å². The molecule has 1 spiro atoms. The minimum absolute atomic E-state index is 0.0846. The lowest BCUT2D eigenvalue weighted by molar-refractivity contribution is -0.0153. The molecule has 2 aromatic heterocycles. The second-order valence-corrected chi connectivity index (χ2v) is 9.97. The summed E-state index contributed by atoms with van der Waals surface area (Å²) in [5.74, 6) is 0.391. The predicted octanol–water partition coefficient (Wildman–Crippen LogP) is 5.41. The van der Waals surface area contributed by atoms with Gasteiger partial charge in [-0.3, -0.25) is 5.41 Å². The number of halogens is 3. The van der Waals surface area contributed by atoms with Crippen LogP contribution in [0.2, 0.25) is 10.0 Å². The van der Waals surface area contributed by atoms with E-state index in [2.05, 4.69) is 14.9 Å². The molecule has 206 valence electrons. The highest BCUT2D eigenvalue weighted by Gasteiger charge is 2.53. The molecule has 0 unspecified atom stereocenters.